The number of fused-ring (bicyclic) bond motifs is 8. The van der Waals surface area contributed by atoms with Crippen LogP contribution in [0.5, 0.6) is 0 Å². The Kier molecular flexibility index (Phi) is 4.36. The van der Waals surface area contributed by atoms with Crippen LogP contribution in [0.15, 0.2) is 114 Å². The second-order valence-corrected chi connectivity index (χ2v) is 9.41. The van der Waals surface area contributed by atoms with Gasteiger partial charge < -0.3 is 0 Å². The first-order chi connectivity index (χ1) is 18.3. The van der Waals surface area contributed by atoms with E-state index in [2.05, 4.69) is 0 Å². The van der Waals surface area contributed by atoms with Gasteiger partial charge in [-0.2, -0.15) is 0 Å². The van der Waals surface area contributed by atoms with Gasteiger partial charge in [0.25, 0.3) is 10.9 Å². The van der Waals surface area contributed by atoms with Gasteiger partial charge in [0, 0.05) is 21.5 Å². The molecule has 0 amide bonds. The summed E-state index contributed by atoms with van der Waals surface area (Å²) in [7, 11) is 0. The van der Waals surface area contributed by atoms with Crippen LogP contribution in [0.25, 0.3) is 65.3 Å². The highest BCUT2D eigenvalue weighted by Gasteiger charge is 2.25. The molecule has 0 unspecified atom stereocenters. The van der Waals surface area contributed by atoms with Crippen molar-refractivity contribution in [1.82, 2.24) is 0 Å². The Labute approximate surface area is 211 Å². The van der Waals surface area contributed by atoms with E-state index in [1.54, 1.807) is 24.3 Å². The molecule has 7 aromatic carbocycles. The Bertz CT molecular complexity index is 2300. The molecule has 0 aliphatic heterocycles. The maximum Gasteiger partial charge on any atom is 0.273 e. The van der Waals surface area contributed by atoms with Crippen LogP contribution in [-0.4, -0.2) is 0 Å². The van der Waals surface area contributed by atoms with Gasteiger partial charge in [0.05, 0.1) is 0 Å². The summed E-state index contributed by atoms with van der Waals surface area (Å²) >= 11 is 0. The van der Waals surface area contributed by atoms with Crippen LogP contribution in [0.3, 0.4) is 0 Å². The highest BCUT2D eigenvalue weighted by atomic mass is 16.2. The van der Waals surface area contributed by atoms with Gasteiger partial charge in [0.1, 0.15) is 0 Å². The van der Waals surface area contributed by atoms with E-state index in [4.69, 9.17) is 0 Å². The summed E-state index contributed by atoms with van der Waals surface area (Å²) in [6.07, 6.45) is 0. The molecule has 0 heterocycles. The van der Waals surface area contributed by atoms with E-state index >= 15 is 0 Å². The molecule has 178 valence electrons. The van der Waals surface area contributed by atoms with E-state index in [-0.39, 0.29) is 21.5 Å². The smallest absolute Gasteiger partial charge is 0.273 e. The molecule has 6 heteroatoms. The third-order valence-corrected chi connectivity index (χ3v) is 7.31. The predicted molar refractivity (Wildman–Crippen MR) is 150 cm³/mol. The van der Waals surface area contributed by atoms with Crippen molar-refractivity contribution in [2.45, 2.75) is 0 Å². The van der Waals surface area contributed by atoms with Crippen molar-refractivity contribution in [3.8, 4) is 22.3 Å². The fraction of sp³-hybridized carbons (Fsp3) is 0. The minimum absolute atomic E-state index is 0.225. The third-order valence-electron chi connectivity index (χ3n) is 7.31. The maximum atomic E-state index is 11.7. The van der Waals surface area contributed by atoms with Crippen LogP contribution in [0.2, 0.25) is 0 Å². The molecule has 0 spiro atoms. The topological polar surface area (TPSA) is 102 Å². The van der Waals surface area contributed by atoms with Crippen LogP contribution in [0.4, 0.5) is 0 Å². The second-order valence-electron chi connectivity index (χ2n) is 9.41. The van der Waals surface area contributed by atoms with Crippen molar-refractivity contribution in [3.63, 3.8) is 0 Å². The summed E-state index contributed by atoms with van der Waals surface area (Å²) in [4.78, 5) is 69.6. The molecule has 8 rings (SSSR count). The van der Waals surface area contributed by atoms with Gasteiger partial charge in [-0.3, -0.25) is 28.8 Å². The lowest BCUT2D eigenvalue weighted by molar-refractivity contribution is 1.55. The standard InChI is InChI=1S/C17H8O3.C15H6O3/c18-15-13-7-11-5-9-3-1-2-4-10(9)6-12(11)8-14(13)16(19)17(15)20;16-13-11-5-9-7-3-1-2-4-8(7)10(9)6-12(11)14(17)15(13)18/h1-8H;1-6H. The highest BCUT2D eigenvalue weighted by Crippen LogP contribution is 2.47. The van der Waals surface area contributed by atoms with Crippen molar-refractivity contribution in [1.29, 1.82) is 0 Å². The molecule has 0 aromatic heterocycles. The molecule has 0 N–H and O–H groups in total. The Morgan fingerprint density at radius 2 is 0.632 bits per heavy atom. The summed E-state index contributed by atoms with van der Waals surface area (Å²) in [6.45, 7) is 0. The van der Waals surface area contributed by atoms with Crippen molar-refractivity contribution in [3.05, 3.63) is 146 Å². The van der Waals surface area contributed by atoms with Crippen molar-refractivity contribution < 1.29 is 0 Å². The Morgan fingerprint density at radius 3 is 1.03 bits per heavy atom. The van der Waals surface area contributed by atoms with E-state index < -0.39 is 32.6 Å². The summed E-state index contributed by atoms with van der Waals surface area (Å²) in [5, 5.41) is 4.78. The lowest BCUT2D eigenvalue weighted by atomic mass is 9.80. The monoisotopic (exact) mass is 494 g/mol. The average molecular weight is 494 g/mol. The van der Waals surface area contributed by atoms with Gasteiger partial charge in [-0.15, -0.1) is 0 Å². The highest BCUT2D eigenvalue weighted by molar-refractivity contribution is 6.08. The second kappa shape index (κ2) is 7.57. The van der Waals surface area contributed by atoms with Gasteiger partial charge in [-0.05, 0) is 80.2 Å². The maximum absolute atomic E-state index is 11.7. The van der Waals surface area contributed by atoms with Crippen molar-refractivity contribution in [2.75, 3.05) is 0 Å². The first-order valence-electron chi connectivity index (χ1n) is 11.8. The van der Waals surface area contributed by atoms with Crippen LogP contribution >= 0.6 is 0 Å². The summed E-state index contributed by atoms with van der Waals surface area (Å²) in [5.41, 5.74) is -0.575. The lowest BCUT2D eigenvalue weighted by Gasteiger charge is -2.23. The normalized spacial score (nSPS) is 11.8. The molecule has 0 radical (unpaired) electrons. The fourth-order valence-electron chi connectivity index (χ4n) is 5.37. The molecule has 38 heavy (non-hydrogen) atoms. The molecule has 0 fully saturated rings. The molecular weight excluding hydrogens is 480 g/mol. The third kappa shape index (κ3) is 2.88. The van der Waals surface area contributed by atoms with E-state index in [0.717, 1.165) is 43.8 Å². The predicted octanol–water partition coefficient (Wildman–Crippen LogP) is 3.55. The zero-order valence-electron chi connectivity index (χ0n) is 19.5. The van der Waals surface area contributed by atoms with E-state index in [1.807, 2.05) is 60.7 Å². The van der Waals surface area contributed by atoms with Gasteiger partial charge in [-0.1, -0.05) is 48.5 Å². The molecule has 0 bridgehead atoms. The number of rotatable bonds is 0. The van der Waals surface area contributed by atoms with Gasteiger partial charge in [-0.25, -0.2) is 0 Å². The van der Waals surface area contributed by atoms with Crippen molar-refractivity contribution >= 4 is 43.1 Å². The zero-order valence-corrected chi connectivity index (χ0v) is 19.5. The molecule has 7 aromatic rings. The van der Waals surface area contributed by atoms with E-state index in [9.17, 15) is 28.8 Å². The molecule has 1 aliphatic rings. The Balaban J connectivity index is 0.000000128. The van der Waals surface area contributed by atoms with Crippen LogP contribution in [-0.2, 0) is 0 Å². The number of benzene rings is 5. The fourth-order valence-corrected chi connectivity index (χ4v) is 5.37. The van der Waals surface area contributed by atoms with E-state index in [1.165, 1.54) is 0 Å². The zero-order chi connectivity index (χ0) is 26.3. The largest absolute Gasteiger partial charge is 0.285 e. The van der Waals surface area contributed by atoms with Gasteiger partial charge in [0.2, 0.25) is 21.7 Å². The summed E-state index contributed by atoms with van der Waals surface area (Å²) in [6, 6.07) is 26.2. The van der Waals surface area contributed by atoms with Gasteiger partial charge in [0.15, 0.2) is 0 Å². The first-order valence-corrected chi connectivity index (χ1v) is 11.8. The first kappa shape index (κ1) is 21.9. The van der Waals surface area contributed by atoms with Crippen LogP contribution in [0, 0.1) is 0 Å². The Morgan fingerprint density at radius 1 is 0.289 bits per heavy atom. The molecule has 0 saturated heterocycles. The quantitative estimate of drug-likeness (QED) is 0.236. The SMILES string of the molecule is O=c1c(=O)c2cc3c(cc2c1=O)-c1ccccc1-3.O=c1c(=O)c2cc3cc4ccccc4cc3cc2c1=O. The summed E-state index contributed by atoms with van der Waals surface area (Å²) < 4.78 is 0. The van der Waals surface area contributed by atoms with Gasteiger partial charge >= 0.3 is 0 Å². The Hall–Kier alpha value is -5.36. The minimum Gasteiger partial charge on any atom is -0.285 e. The number of hydrogen-bond acceptors (Lipinski definition) is 6. The minimum atomic E-state index is -0.931. The molecule has 0 atom stereocenters. The molecule has 1 aliphatic carbocycles. The van der Waals surface area contributed by atoms with Crippen LogP contribution < -0.4 is 32.6 Å². The average Bonchev–Trinajstić information content (AvgIpc) is 3.28. The molecule has 0 saturated carbocycles. The van der Waals surface area contributed by atoms with Crippen LogP contribution in [0.1, 0.15) is 0 Å². The molecule has 6 nitrogen and oxygen atoms in total. The number of hydrogen-bond donors (Lipinski definition) is 0. The van der Waals surface area contributed by atoms with Crippen molar-refractivity contribution in [2.24, 2.45) is 0 Å². The molecular formula is C32H14O6. The lowest BCUT2D eigenvalue weighted by Crippen LogP contribution is -2.29. The summed E-state index contributed by atoms with van der Waals surface area (Å²) in [5.74, 6) is 0. The van der Waals surface area contributed by atoms with E-state index in [0.29, 0.717) is 0 Å².